The van der Waals surface area contributed by atoms with E-state index in [1.807, 2.05) is 31.1 Å². The fourth-order valence-electron chi connectivity index (χ4n) is 3.49. The van der Waals surface area contributed by atoms with E-state index in [4.69, 9.17) is 0 Å². The van der Waals surface area contributed by atoms with Gasteiger partial charge >= 0.3 is 0 Å². The number of rotatable bonds is 3. The number of carbonyl (C=O) groups excluding carboxylic acids is 1. The maximum absolute atomic E-state index is 12.5. The molecule has 0 N–H and O–H groups in total. The number of hydrogen-bond acceptors (Lipinski definition) is 3. The number of likely N-dealkylation sites (tertiary alicyclic amines) is 1. The van der Waals surface area contributed by atoms with E-state index in [0.29, 0.717) is 11.5 Å². The van der Waals surface area contributed by atoms with Gasteiger partial charge in [0.15, 0.2) is 0 Å². The Hall–Kier alpha value is -2.63. The molecule has 0 unspecified atom stereocenters. The van der Waals surface area contributed by atoms with Crippen LogP contribution in [0.3, 0.4) is 0 Å². The topological polar surface area (TPSA) is 56.0 Å². The van der Waals surface area contributed by atoms with E-state index in [1.165, 1.54) is 10.9 Å². The van der Waals surface area contributed by atoms with Crippen molar-refractivity contribution in [1.82, 2.24) is 24.2 Å². The first-order chi connectivity index (χ1) is 11.5. The molecule has 1 aliphatic rings. The van der Waals surface area contributed by atoms with Crippen LogP contribution in [0.25, 0.3) is 10.9 Å². The van der Waals surface area contributed by atoms with E-state index in [-0.39, 0.29) is 5.91 Å². The smallest absolute Gasteiger partial charge is 0.257 e. The molecule has 1 fully saturated rings. The van der Waals surface area contributed by atoms with E-state index in [2.05, 4.69) is 34.0 Å². The van der Waals surface area contributed by atoms with Gasteiger partial charge in [0.1, 0.15) is 0 Å². The molecular weight excluding hydrogens is 302 g/mol. The van der Waals surface area contributed by atoms with Crippen molar-refractivity contribution < 1.29 is 4.79 Å². The summed E-state index contributed by atoms with van der Waals surface area (Å²) in [4.78, 5) is 19.0. The molecule has 0 spiro atoms. The van der Waals surface area contributed by atoms with E-state index in [9.17, 15) is 4.79 Å². The third-order valence-electron chi connectivity index (χ3n) is 5.05. The maximum Gasteiger partial charge on any atom is 0.257 e. The SMILES string of the molecule is Cc1c(C(=O)N2CC(Cc3nccc4ccn(C)c34)C2)cnn1C. The third kappa shape index (κ3) is 2.29. The highest BCUT2D eigenvalue weighted by atomic mass is 16.2. The summed E-state index contributed by atoms with van der Waals surface area (Å²) >= 11 is 0. The van der Waals surface area contributed by atoms with Crippen LogP contribution in [-0.2, 0) is 20.5 Å². The van der Waals surface area contributed by atoms with Crippen molar-refractivity contribution in [2.45, 2.75) is 13.3 Å². The van der Waals surface area contributed by atoms with Gasteiger partial charge in [-0.25, -0.2) is 0 Å². The van der Waals surface area contributed by atoms with Crippen LogP contribution in [0.15, 0.2) is 30.7 Å². The van der Waals surface area contributed by atoms with Gasteiger partial charge in [-0.1, -0.05) is 0 Å². The van der Waals surface area contributed by atoms with E-state index < -0.39 is 0 Å². The number of carbonyl (C=O) groups is 1. The first-order valence-corrected chi connectivity index (χ1v) is 8.21. The van der Waals surface area contributed by atoms with Crippen LogP contribution < -0.4 is 0 Å². The average molecular weight is 323 g/mol. The fourth-order valence-corrected chi connectivity index (χ4v) is 3.49. The van der Waals surface area contributed by atoms with Crippen molar-refractivity contribution in [2.24, 2.45) is 20.0 Å². The summed E-state index contributed by atoms with van der Waals surface area (Å²) < 4.78 is 3.86. The number of pyridine rings is 1. The molecule has 6 heteroatoms. The molecule has 24 heavy (non-hydrogen) atoms. The van der Waals surface area contributed by atoms with Crippen molar-refractivity contribution in [3.63, 3.8) is 0 Å². The van der Waals surface area contributed by atoms with Gasteiger partial charge in [-0.15, -0.1) is 0 Å². The molecular formula is C18H21N5O. The Morgan fingerprint density at radius 3 is 2.79 bits per heavy atom. The summed E-state index contributed by atoms with van der Waals surface area (Å²) in [6.07, 6.45) is 6.51. The lowest BCUT2D eigenvalue weighted by atomic mass is 9.93. The predicted octanol–water partition coefficient (Wildman–Crippen LogP) is 1.93. The summed E-state index contributed by atoms with van der Waals surface area (Å²) in [5, 5.41) is 5.38. The minimum absolute atomic E-state index is 0.0851. The normalized spacial score (nSPS) is 15.0. The molecule has 0 radical (unpaired) electrons. The Kier molecular flexibility index (Phi) is 3.40. The molecule has 1 aliphatic heterocycles. The van der Waals surface area contributed by atoms with Gasteiger partial charge in [-0.2, -0.15) is 5.10 Å². The minimum Gasteiger partial charge on any atom is -0.349 e. The highest BCUT2D eigenvalue weighted by Crippen LogP contribution is 2.26. The second-order valence-corrected chi connectivity index (χ2v) is 6.67. The van der Waals surface area contributed by atoms with Gasteiger partial charge in [0.05, 0.1) is 23.0 Å². The van der Waals surface area contributed by atoms with E-state index in [0.717, 1.165) is 30.9 Å². The summed E-state index contributed by atoms with van der Waals surface area (Å²) in [7, 11) is 3.91. The van der Waals surface area contributed by atoms with Gasteiger partial charge < -0.3 is 9.47 Å². The zero-order valence-corrected chi connectivity index (χ0v) is 14.2. The first kappa shape index (κ1) is 14.9. The zero-order valence-electron chi connectivity index (χ0n) is 14.2. The standard InChI is InChI=1S/C18H21N5O/c1-12-15(9-20-22(12)3)18(24)23-10-13(11-23)8-16-17-14(4-6-19-16)5-7-21(17)2/h4-7,9,13H,8,10-11H2,1-3H3. The van der Waals surface area contributed by atoms with E-state index >= 15 is 0 Å². The molecule has 0 saturated carbocycles. The van der Waals surface area contributed by atoms with Crippen molar-refractivity contribution >= 4 is 16.8 Å². The van der Waals surface area contributed by atoms with Crippen molar-refractivity contribution in [3.8, 4) is 0 Å². The van der Waals surface area contributed by atoms with Gasteiger partial charge in [-0.3, -0.25) is 14.5 Å². The molecule has 124 valence electrons. The average Bonchev–Trinajstić information content (AvgIpc) is 3.07. The largest absolute Gasteiger partial charge is 0.349 e. The number of amides is 1. The van der Waals surface area contributed by atoms with Crippen LogP contribution >= 0.6 is 0 Å². The van der Waals surface area contributed by atoms with Gasteiger partial charge in [0, 0.05) is 50.7 Å². The number of aryl methyl sites for hydroxylation is 2. The first-order valence-electron chi connectivity index (χ1n) is 8.21. The lowest BCUT2D eigenvalue weighted by molar-refractivity contribution is 0.0499. The van der Waals surface area contributed by atoms with Crippen LogP contribution in [0.4, 0.5) is 0 Å². The van der Waals surface area contributed by atoms with Gasteiger partial charge in [0.25, 0.3) is 5.91 Å². The Morgan fingerprint density at radius 2 is 2.08 bits per heavy atom. The molecule has 4 heterocycles. The van der Waals surface area contributed by atoms with Crippen LogP contribution in [-0.4, -0.2) is 43.2 Å². The fraction of sp³-hybridized carbons (Fsp3) is 0.389. The predicted molar refractivity (Wildman–Crippen MR) is 91.8 cm³/mol. The van der Waals surface area contributed by atoms with Crippen molar-refractivity contribution in [2.75, 3.05) is 13.1 Å². The molecule has 6 nitrogen and oxygen atoms in total. The Balaban J connectivity index is 1.45. The quantitative estimate of drug-likeness (QED) is 0.740. The molecule has 1 saturated heterocycles. The van der Waals surface area contributed by atoms with Crippen LogP contribution in [0, 0.1) is 12.8 Å². The zero-order chi connectivity index (χ0) is 16.8. The number of hydrogen-bond donors (Lipinski definition) is 0. The van der Waals surface area contributed by atoms with Gasteiger partial charge in [-0.05, 0) is 31.4 Å². The second-order valence-electron chi connectivity index (χ2n) is 6.67. The van der Waals surface area contributed by atoms with Crippen LogP contribution in [0.1, 0.15) is 21.7 Å². The molecule has 3 aromatic heterocycles. The van der Waals surface area contributed by atoms with Gasteiger partial charge in [0.2, 0.25) is 0 Å². The monoisotopic (exact) mass is 323 g/mol. The Morgan fingerprint density at radius 1 is 1.29 bits per heavy atom. The molecule has 0 atom stereocenters. The highest BCUT2D eigenvalue weighted by molar-refractivity contribution is 5.95. The molecule has 0 aromatic carbocycles. The molecule has 1 amide bonds. The number of aromatic nitrogens is 4. The Bertz CT molecular complexity index is 917. The van der Waals surface area contributed by atoms with Crippen molar-refractivity contribution in [1.29, 1.82) is 0 Å². The molecule has 0 aliphatic carbocycles. The second kappa shape index (κ2) is 5.47. The molecule has 0 bridgehead atoms. The molecule has 3 aromatic rings. The van der Waals surface area contributed by atoms with Crippen LogP contribution in [0.2, 0.25) is 0 Å². The summed E-state index contributed by atoms with van der Waals surface area (Å²) in [5.41, 5.74) is 3.94. The van der Waals surface area contributed by atoms with E-state index in [1.54, 1.807) is 10.9 Å². The summed E-state index contributed by atoms with van der Waals surface area (Å²) in [6, 6.07) is 4.16. The van der Waals surface area contributed by atoms with Crippen molar-refractivity contribution in [3.05, 3.63) is 47.7 Å². The lowest BCUT2D eigenvalue weighted by Crippen LogP contribution is -2.50. The van der Waals surface area contributed by atoms with Crippen LogP contribution in [0.5, 0.6) is 0 Å². The lowest BCUT2D eigenvalue weighted by Gasteiger charge is -2.39. The summed E-state index contributed by atoms with van der Waals surface area (Å²) in [5.74, 6) is 0.556. The summed E-state index contributed by atoms with van der Waals surface area (Å²) in [6.45, 7) is 3.50. The third-order valence-corrected chi connectivity index (χ3v) is 5.05. The molecule has 4 rings (SSSR count). The Labute approximate surface area is 140 Å². The minimum atomic E-state index is 0.0851. The number of fused-ring (bicyclic) bond motifs is 1. The number of nitrogens with zero attached hydrogens (tertiary/aromatic N) is 5. The highest BCUT2D eigenvalue weighted by Gasteiger charge is 2.33. The maximum atomic E-state index is 12.5.